The Labute approximate surface area is 124 Å². The Bertz CT molecular complexity index is 680. The van der Waals surface area contributed by atoms with E-state index < -0.39 is 10.0 Å². The van der Waals surface area contributed by atoms with Crippen molar-refractivity contribution in [1.29, 1.82) is 0 Å². The summed E-state index contributed by atoms with van der Waals surface area (Å²) >= 11 is 0. The van der Waals surface area contributed by atoms with Crippen LogP contribution >= 0.6 is 0 Å². The maximum absolute atomic E-state index is 12.3. The van der Waals surface area contributed by atoms with Gasteiger partial charge in [-0.3, -0.25) is 4.68 Å². The predicted molar refractivity (Wildman–Crippen MR) is 80.1 cm³/mol. The lowest BCUT2D eigenvalue weighted by Crippen LogP contribution is -2.26. The van der Waals surface area contributed by atoms with E-state index in [4.69, 9.17) is 5.73 Å². The van der Waals surface area contributed by atoms with Gasteiger partial charge in [0.2, 0.25) is 10.0 Å². The third-order valence-electron chi connectivity index (χ3n) is 3.42. The van der Waals surface area contributed by atoms with Gasteiger partial charge in [-0.1, -0.05) is 0 Å². The van der Waals surface area contributed by atoms with Crippen LogP contribution in [0.15, 0.2) is 29.4 Å². The van der Waals surface area contributed by atoms with Crippen molar-refractivity contribution in [3.8, 4) is 0 Å². The maximum atomic E-state index is 12.3. The molecule has 0 saturated carbocycles. The minimum Gasteiger partial charge on any atom is -0.349 e. The van der Waals surface area contributed by atoms with Crippen molar-refractivity contribution in [2.75, 3.05) is 6.54 Å². The van der Waals surface area contributed by atoms with Crippen molar-refractivity contribution < 1.29 is 8.42 Å². The van der Waals surface area contributed by atoms with Crippen molar-refractivity contribution >= 4 is 10.0 Å². The van der Waals surface area contributed by atoms with E-state index in [0.29, 0.717) is 26.1 Å². The minimum atomic E-state index is -3.50. The smallest absolute Gasteiger partial charge is 0.242 e. The topological polar surface area (TPSA) is 94.9 Å². The molecule has 0 aliphatic heterocycles. The lowest BCUT2D eigenvalue weighted by atomic mass is 10.3. The highest BCUT2D eigenvalue weighted by atomic mass is 32.2. The second kappa shape index (κ2) is 6.42. The minimum absolute atomic E-state index is 0.259. The lowest BCUT2D eigenvalue weighted by Gasteiger charge is -2.05. The van der Waals surface area contributed by atoms with Gasteiger partial charge in [0.05, 0.1) is 4.90 Å². The molecular formula is C13H21N5O2S. The number of aromatic nitrogens is 3. The third kappa shape index (κ3) is 3.52. The molecule has 0 aromatic carbocycles. The molecule has 2 heterocycles. The molecule has 0 atom stereocenters. The van der Waals surface area contributed by atoms with Gasteiger partial charge in [-0.05, 0) is 19.1 Å². The van der Waals surface area contributed by atoms with Gasteiger partial charge >= 0.3 is 0 Å². The number of hydrogen-bond acceptors (Lipinski definition) is 4. The quantitative estimate of drug-likeness (QED) is 0.765. The van der Waals surface area contributed by atoms with Crippen LogP contribution in [0.4, 0.5) is 0 Å². The molecule has 116 valence electrons. The summed E-state index contributed by atoms with van der Waals surface area (Å²) in [6.07, 6.45) is 3.90. The molecule has 0 saturated heterocycles. The fourth-order valence-electron chi connectivity index (χ4n) is 2.18. The first kappa shape index (κ1) is 15.7. The van der Waals surface area contributed by atoms with E-state index >= 15 is 0 Å². The second-order valence-electron chi connectivity index (χ2n) is 4.75. The van der Waals surface area contributed by atoms with Crippen molar-refractivity contribution in [3.05, 3.63) is 35.9 Å². The molecule has 0 unspecified atom stereocenters. The molecule has 0 aliphatic rings. The van der Waals surface area contributed by atoms with Crippen molar-refractivity contribution in [2.45, 2.75) is 31.3 Å². The Balaban J connectivity index is 2.04. The van der Waals surface area contributed by atoms with Gasteiger partial charge in [0.25, 0.3) is 0 Å². The van der Waals surface area contributed by atoms with E-state index in [2.05, 4.69) is 9.82 Å². The van der Waals surface area contributed by atoms with Gasteiger partial charge in [0.15, 0.2) is 0 Å². The molecule has 8 heteroatoms. The van der Waals surface area contributed by atoms with E-state index in [-0.39, 0.29) is 4.90 Å². The zero-order chi connectivity index (χ0) is 15.5. The Morgan fingerprint density at radius 3 is 2.67 bits per heavy atom. The van der Waals surface area contributed by atoms with Gasteiger partial charge in [0.1, 0.15) is 0 Å². The number of aryl methyl sites for hydroxylation is 2. The summed E-state index contributed by atoms with van der Waals surface area (Å²) in [6.45, 7) is 3.29. The summed E-state index contributed by atoms with van der Waals surface area (Å²) in [4.78, 5) is 0.259. The van der Waals surface area contributed by atoms with E-state index in [1.54, 1.807) is 23.1 Å². The normalized spacial score (nSPS) is 12.0. The molecule has 0 radical (unpaired) electrons. The van der Waals surface area contributed by atoms with Gasteiger partial charge < -0.3 is 10.3 Å². The summed E-state index contributed by atoms with van der Waals surface area (Å²) < 4.78 is 30.7. The zero-order valence-corrected chi connectivity index (χ0v) is 13.1. The average molecular weight is 311 g/mol. The Morgan fingerprint density at radius 1 is 1.38 bits per heavy atom. The highest BCUT2D eigenvalue weighted by molar-refractivity contribution is 7.89. The molecule has 7 nitrogen and oxygen atoms in total. The largest absolute Gasteiger partial charge is 0.349 e. The second-order valence-corrected chi connectivity index (χ2v) is 6.52. The molecule has 0 aliphatic carbocycles. The molecule has 0 bridgehead atoms. The first-order chi connectivity index (χ1) is 9.97. The summed E-state index contributed by atoms with van der Waals surface area (Å²) in [6, 6.07) is 3.49. The van der Waals surface area contributed by atoms with Crippen LogP contribution in [0, 0.1) is 0 Å². The number of nitrogens with zero attached hydrogens (tertiary/aromatic N) is 3. The van der Waals surface area contributed by atoms with Gasteiger partial charge in [-0.15, -0.1) is 0 Å². The van der Waals surface area contributed by atoms with Crippen LogP contribution < -0.4 is 10.5 Å². The zero-order valence-electron chi connectivity index (χ0n) is 12.3. The third-order valence-corrected chi connectivity index (χ3v) is 4.84. The number of nitrogens with one attached hydrogen (secondary N) is 1. The van der Waals surface area contributed by atoms with Crippen LogP contribution in [-0.4, -0.2) is 29.3 Å². The van der Waals surface area contributed by atoms with Crippen LogP contribution in [-0.2, 0) is 36.6 Å². The number of sulfonamides is 1. The Morgan fingerprint density at radius 2 is 2.14 bits per heavy atom. The number of hydrogen-bond donors (Lipinski definition) is 2. The lowest BCUT2D eigenvalue weighted by molar-refractivity contribution is 0.579. The molecule has 0 amide bonds. The monoisotopic (exact) mass is 311 g/mol. The first-order valence-corrected chi connectivity index (χ1v) is 8.32. The highest BCUT2D eigenvalue weighted by Gasteiger charge is 2.17. The van der Waals surface area contributed by atoms with Crippen molar-refractivity contribution in [2.24, 2.45) is 12.8 Å². The Kier molecular flexibility index (Phi) is 4.81. The predicted octanol–water partition coefficient (Wildman–Crippen LogP) is 0.221. The van der Waals surface area contributed by atoms with Crippen LogP contribution in [0.2, 0.25) is 0 Å². The first-order valence-electron chi connectivity index (χ1n) is 6.83. The SMILES string of the molecule is CCn1cc(S(=O)(=O)NCCc2ccnn2C)cc1CN. The van der Waals surface area contributed by atoms with Crippen LogP contribution in [0.5, 0.6) is 0 Å². The van der Waals surface area contributed by atoms with E-state index in [1.165, 1.54) is 0 Å². The van der Waals surface area contributed by atoms with Crippen molar-refractivity contribution in [3.63, 3.8) is 0 Å². The summed E-state index contributed by atoms with van der Waals surface area (Å²) in [7, 11) is -1.67. The fourth-order valence-corrected chi connectivity index (χ4v) is 3.28. The van der Waals surface area contributed by atoms with Crippen LogP contribution in [0.25, 0.3) is 0 Å². The number of rotatable bonds is 7. The molecule has 2 rings (SSSR count). The molecule has 0 fully saturated rings. The van der Waals surface area contributed by atoms with Crippen LogP contribution in [0.3, 0.4) is 0 Å². The molecule has 0 spiro atoms. The fraction of sp³-hybridized carbons (Fsp3) is 0.462. The van der Waals surface area contributed by atoms with Crippen LogP contribution in [0.1, 0.15) is 18.3 Å². The summed E-state index contributed by atoms with van der Waals surface area (Å²) in [5, 5.41) is 4.05. The summed E-state index contributed by atoms with van der Waals surface area (Å²) in [5.74, 6) is 0. The van der Waals surface area contributed by atoms with Crippen molar-refractivity contribution in [1.82, 2.24) is 19.1 Å². The number of nitrogens with two attached hydrogens (primary N) is 1. The maximum Gasteiger partial charge on any atom is 0.242 e. The van der Waals surface area contributed by atoms with Gasteiger partial charge in [0, 0.05) is 56.9 Å². The summed E-state index contributed by atoms with van der Waals surface area (Å²) in [5.41, 5.74) is 7.41. The van der Waals surface area contributed by atoms with Gasteiger partial charge in [-0.2, -0.15) is 5.10 Å². The van der Waals surface area contributed by atoms with E-state index in [9.17, 15) is 8.42 Å². The average Bonchev–Trinajstić information content (AvgIpc) is 3.05. The standard InChI is InChI=1S/C13H21N5O2S/c1-3-18-10-13(8-12(18)9-14)21(19,20)16-7-5-11-4-6-15-17(11)2/h4,6,8,10,16H,3,5,7,9,14H2,1-2H3. The molecular weight excluding hydrogens is 290 g/mol. The van der Waals surface area contributed by atoms with Gasteiger partial charge in [-0.25, -0.2) is 13.1 Å². The van der Waals surface area contributed by atoms with E-state index in [0.717, 1.165) is 11.4 Å². The Hall–Kier alpha value is -1.64. The molecule has 3 N–H and O–H groups in total. The highest BCUT2D eigenvalue weighted by Crippen LogP contribution is 2.14. The molecule has 2 aromatic rings. The van der Waals surface area contributed by atoms with E-state index in [1.807, 2.05) is 24.6 Å². The molecule has 2 aromatic heterocycles. The molecule has 21 heavy (non-hydrogen) atoms.